The fourth-order valence-corrected chi connectivity index (χ4v) is 4.61. The largest absolute Gasteiger partial charge is 0.347 e. The van der Waals surface area contributed by atoms with Crippen LogP contribution in [0.4, 0.5) is 0 Å². The zero-order valence-electron chi connectivity index (χ0n) is 18.3. The second kappa shape index (κ2) is 10.2. The van der Waals surface area contributed by atoms with E-state index < -0.39 is 0 Å². The van der Waals surface area contributed by atoms with Crippen LogP contribution >= 0.6 is 0 Å². The summed E-state index contributed by atoms with van der Waals surface area (Å²) in [6.07, 6.45) is 6.52. The molecule has 160 valence electrons. The summed E-state index contributed by atoms with van der Waals surface area (Å²) >= 11 is 0. The van der Waals surface area contributed by atoms with Crippen molar-refractivity contribution in [3.63, 3.8) is 0 Å². The number of rotatable bonds is 7. The Morgan fingerprint density at radius 2 is 1.79 bits per heavy atom. The van der Waals surface area contributed by atoms with Crippen LogP contribution in [0.15, 0.2) is 24.3 Å². The van der Waals surface area contributed by atoms with Crippen molar-refractivity contribution < 1.29 is 9.59 Å². The van der Waals surface area contributed by atoms with Crippen LogP contribution < -0.4 is 5.32 Å². The molecule has 1 aromatic carbocycles. The average Bonchev–Trinajstić information content (AvgIpc) is 3.20. The highest BCUT2D eigenvalue weighted by Gasteiger charge is 2.32. The molecule has 2 fully saturated rings. The molecule has 1 aliphatic heterocycles. The van der Waals surface area contributed by atoms with Gasteiger partial charge in [-0.1, -0.05) is 38.3 Å². The van der Waals surface area contributed by atoms with Crippen molar-refractivity contribution in [3.05, 3.63) is 35.4 Å². The summed E-state index contributed by atoms with van der Waals surface area (Å²) in [4.78, 5) is 29.7. The molecule has 3 rings (SSSR count). The number of nitrogens with one attached hydrogen (secondary N) is 1. The van der Waals surface area contributed by atoms with Gasteiger partial charge in [-0.15, -0.1) is 0 Å². The Bertz CT molecular complexity index is 680. The maximum absolute atomic E-state index is 12.7. The molecule has 29 heavy (non-hydrogen) atoms. The number of amides is 2. The molecule has 1 atom stereocenters. The first-order valence-electron chi connectivity index (χ1n) is 11.4. The molecular weight excluding hydrogens is 362 g/mol. The zero-order chi connectivity index (χ0) is 20.8. The minimum atomic E-state index is -0.0373. The third-order valence-corrected chi connectivity index (χ3v) is 6.53. The van der Waals surface area contributed by atoms with E-state index in [9.17, 15) is 9.59 Å². The molecule has 2 amide bonds. The van der Waals surface area contributed by atoms with Crippen LogP contribution in [0, 0.1) is 5.92 Å². The number of hydrogen-bond acceptors (Lipinski definition) is 3. The molecule has 1 aromatic rings. The lowest BCUT2D eigenvalue weighted by Crippen LogP contribution is -2.40. The van der Waals surface area contributed by atoms with E-state index in [4.69, 9.17) is 0 Å². The van der Waals surface area contributed by atoms with Crippen molar-refractivity contribution in [2.75, 3.05) is 19.6 Å². The van der Waals surface area contributed by atoms with Crippen LogP contribution in [0.3, 0.4) is 0 Å². The summed E-state index contributed by atoms with van der Waals surface area (Å²) in [5.41, 5.74) is 1.92. The Labute approximate surface area is 175 Å². The van der Waals surface area contributed by atoms with Gasteiger partial charge in [0.1, 0.15) is 0 Å². The summed E-state index contributed by atoms with van der Waals surface area (Å²) in [5.74, 6) is 0.473. The molecule has 5 heteroatoms. The van der Waals surface area contributed by atoms with E-state index in [2.05, 4.69) is 31.0 Å². The predicted octanol–water partition coefficient (Wildman–Crippen LogP) is 3.83. The highest BCUT2D eigenvalue weighted by molar-refractivity contribution is 5.94. The van der Waals surface area contributed by atoms with Gasteiger partial charge in [0, 0.05) is 43.2 Å². The van der Waals surface area contributed by atoms with Gasteiger partial charge in [0.2, 0.25) is 5.91 Å². The van der Waals surface area contributed by atoms with Crippen LogP contribution in [0.1, 0.15) is 75.2 Å². The van der Waals surface area contributed by atoms with Gasteiger partial charge in [0.05, 0.1) is 0 Å². The maximum atomic E-state index is 12.7. The maximum Gasteiger partial charge on any atom is 0.251 e. The number of carbonyl (C=O) groups is 2. The summed E-state index contributed by atoms with van der Waals surface area (Å²) in [6.45, 7) is 9.91. The Morgan fingerprint density at radius 3 is 2.41 bits per heavy atom. The fraction of sp³-hybridized carbons (Fsp3) is 0.667. The zero-order valence-corrected chi connectivity index (χ0v) is 18.3. The summed E-state index contributed by atoms with van der Waals surface area (Å²) in [5, 5.41) is 3.13. The first kappa shape index (κ1) is 21.8. The molecule has 2 aliphatic rings. The van der Waals surface area contributed by atoms with Crippen LogP contribution in [-0.2, 0) is 11.3 Å². The standard InChI is InChI=1S/C24H37N3O2/c1-4-26(18(2)3)16-19-10-12-20(13-11-19)23(28)25-22-14-15-27(17-22)24(29)21-8-6-5-7-9-21/h10-13,18,21-22H,4-9,14-17H2,1-3H3,(H,25,28). The van der Waals surface area contributed by atoms with Crippen molar-refractivity contribution in [2.45, 2.75) is 77.9 Å². The topological polar surface area (TPSA) is 52.7 Å². The van der Waals surface area contributed by atoms with Crippen LogP contribution in [-0.4, -0.2) is 53.3 Å². The van der Waals surface area contributed by atoms with Gasteiger partial charge in [-0.05, 0) is 57.4 Å². The highest BCUT2D eigenvalue weighted by atomic mass is 16.2. The minimum Gasteiger partial charge on any atom is -0.347 e. The third kappa shape index (κ3) is 5.81. The lowest BCUT2D eigenvalue weighted by Gasteiger charge is -2.26. The number of benzene rings is 1. The lowest BCUT2D eigenvalue weighted by molar-refractivity contribution is -0.135. The average molecular weight is 400 g/mol. The van der Waals surface area contributed by atoms with Gasteiger partial charge in [-0.3, -0.25) is 14.5 Å². The molecule has 1 N–H and O–H groups in total. The molecule has 1 aliphatic carbocycles. The van der Waals surface area contributed by atoms with Gasteiger partial charge < -0.3 is 10.2 Å². The van der Waals surface area contributed by atoms with Crippen LogP contribution in [0.2, 0.25) is 0 Å². The summed E-state index contributed by atoms with van der Waals surface area (Å²) in [6, 6.07) is 8.49. The number of carbonyl (C=O) groups excluding carboxylic acids is 2. The Kier molecular flexibility index (Phi) is 7.70. The monoisotopic (exact) mass is 399 g/mol. The van der Waals surface area contributed by atoms with E-state index in [1.165, 1.54) is 24.8 Å². The van der Waals surface area contributed by atoms with Crippen LogP contribution in [0.5, 0.6) is 0 Å². The van der Waals surface area contributed by atoms with Crippen LogP contribution in [0.25, 0.3) is 0 Å². The Balaban J connectivity index is 1.49. The quantitative estimate of drug-likeness (QED) is 0.758. The normalized spacial score (nSPS) is 20.4. The molecule has 1 saturated heterocycles. The number of likely N-dealkylation sites (tertiary alicyclic amines) is 1. The van der Waals surface area contributed by atoms with Crippen molar-refractivity contribution in [1.82, 2.24) is 15.1 Å². The molecule has 1 saturated carbocycles. The number of hydrogen-bond donors (Lipinski definition) is 1. The van der Waals surface area contributed by atoms with Crippen molar-refractivity contribution in [1.29, 1.82) is 0 Å². The highest BCUT2D eigenvalue weighted by Crippen LogP contribution is 2.26. The van der Waals surface area contributed by atoms with E-state index in [0.29, 0.717) is 24.1 Å². The second-order valence-electron chi connectivity index (χ2n) is 8.93. The van der Waals surface area contributed by atoms with Gasteiger partial charge in [-0.2, -0.15) is 0 Å². The lowest BCUT2D eigenvalue weighted by atomic mass is 9.88. The first-order chi connectivity index (χ1) is 14.0. The summed E-state index contributed by atoms with van der Waals surface area (Å²) < 4.78 is 0. The molecule has 5 nitrogen and oxygen atoms in total. The van der Waals surface area contributed by atoms with E-state index in [-0.39, 0.29) is 17.9 Å². The van der Waals surface area contributed by atoms with E-state index >= 15 is 0 Å². The van der Waals surface area contributed by atoms with E-state index in [1.54, 1.807) is 0 Å². The van der Waals surface area contributed by atoms with Gasteiger partial charge >= 0.3 is 0 Å². The molecule has 1 heterocycles. The van der Waals surface area contributed by atoms with Gasteiger partial charge in [-0.25, -0.2) is 0 Å². The van der Waals surface area contributed by atoms with Crippen molar-refractivity contribution in [2.24, 2.45) is 5.92 Å². The third-order valence-electron chi connectivity index (χ3n) is 6.53. The Hall–Kier alpha value is -1.88. The molecule has 0 aromatic heterocycles. The SMILES string of the molecule is CCN(Cc1ccc(C(=O)NC2CCN(C(=O)C3CCCCC3)C2)cc1)C(C)C. The molecular formula is C24H37N3O2. The van der Waals surface area contributed by atoms with Crippen molar-refractivity contribution in [3.8, 4) is 0 Å². The Morgan fingerprint density at radius 1 is 1.10 bits per heavy atom. The smallest absolute Gasteiger partial charge is 0.251 e. The number of nitrogens with zero attached hydrogens (tertiary/aromatic N) is 2. The molecule has 0 spiro atoms. The molecule has 0 radical (unpaired) electrons. The van der Waals surface area contributed by atoms with Gasteiger partial charge in [0.25, 0.3) is 5.91 Å². The van der Waals surface area contributed by atoms with E-state index in [1.807, 2.05) is 29.2 Å². The molecule has 0 bridgehead atoms. The second-order valence-corrected chi connectivity index (χ2v) is 8.93. The van der Waals surface area contributed by atoms with E-state index in [0.717, 1.165) is 38.9 Å². The first-order valence-corrected chi connectivity index (χ1v) is 11.4. The minimum absolute atomic E-state index is 0.0373. The van der Waals surface area contributed by atoms with Gasteiger partial charge in [0.15, 0.2) is 0 Å². The molecule has 1 unspecified atom stereocenters. The summed E-state index contributed by atoms with van der Waals surface area (Å²) in [7, 11) is 0. The van der Waals surface area contributed by atoms with Crippen molar-refractivity contribution >= 4 is 11.8 Å². The fourth-order valence-electron chi connectivity index (χ4n) is 4.61. The predicted molar refractivity (Wildman–Crippen MR) is 117 cm³/mol.